The summed E-state index contributed by atoms with van der Waals surface area (Å²) in [5.41, 5.74) is 1.67. The first-order chi connectivity index (χ1) is 7.08. The van der Waals surface area contributed by atoms with E-state index in [9.17, 15) is 4.79 Å². The first-order valence-electron chi connectivity index (χ1n) is 5.19. The predicted molar refractivity (Wildman–Crippen MR) is 58.8 cm³/mol. The fourth-order valence-electron chi connectivity index (χ4n) is 1.71. The molecule has 2 heterocycles. The summed E-state index contributed by atoms with van der Waals surface area (Å²) >= 11 is 0. The number of aromatic nitrogens is 2. The number of hydrogen-bond acceptors (Lipinski definition) is 3. The van der Waals surface area contributed by atoms with Gasteiger partial charge in [0.2, 0.25) is 5.91 Å². The maximum absolute atomic E-state index is 11.6. The second-order valence-electron chi connectivity index (χ2n) is 4.32. The van der Waals surface area contributed by atoms with Crippen LogP contribution in [0, 0.1) is 12.8 Å². The minimum absolute atomic E-state index is 0.0458. The van der Waals surface area contributed by atoms with E-state index in [0.717, 1.165) is 17.2 Å². The number of nitrogens with zero attached hydrogens (tertiary/aromatic N) is 1. The van der Waals surface area contributed by atoms with Crippen LogP contribution >= 0.6 is 0 Å². The van der Waals surface area contributed by atoms with Gasteiger partial charge in [-0.1, -0.05) is 13.8 Å². The van der Waals surface area contributed by atoms with Crippen molar-refractivity contribution in [2.75, 3.05) is 10.6 Å². The van der Waals surface area contributed by atoms with E-state index in [2.05, 4.69) is 34.7 Å². The van der Waals surface area contributed by atoms with Gasteiger partial charge in [0.05, 0.1) is 5.69 Å². The SMILES string of the molecule is Cc1[nH]nc2c1NC(=O)CC(C(C)C)N2. The molecule has 1 aromatic heterocycles. The minimum atomic E-state index is 0.0458. The molecule has 2 rings (SSSR count). The van der Waals surface area contributed by atoms with Crippen LogP contribution in [0.4, 0.5) is 11.5 Å². The van der Waals surface area contributed by atoms with Crippen LogP contribution in [-0.2, 0) is 4.79 Å². The van der Waals surface area contributed by atoms with Crippen molar-refractivity contribution in [2.24, 2.45) is 5.92 Å². The molecule has 1 aliphatic heterocycles. The summed E-state index contributed by atoms with van der Waals surface area (Å²) in [5.74, 6) is 1.19. The van der Waals surface area contributed by atoms with Crippen molar-refractivity contribution in [1.82, 2.24) is 10.2 Å². The molecule has 0 bridgehead atoms. The van der Waals surface area contributed by atoms with Crippen LogP contribution in [0.2, 0.25) is 0 Å². The van der Waals surface area contributed by atoms with Gasteiger partial charge in [-0.25, -0.2) is 0 Å². The van der Waals surface area contributed by atoms with Crippen LogP contribution in [0.3, 0.4) is 0 Å². The molecule has 1 amide bonds. The van der Waals surface area contributed by atoms with Crippen molar-refractivity contribution in [3.05, 3.63) is 5.69 Å². The maximum atomic E-state index is 11.6. The van der Waals surface area contributed by atoms with Crippen molar-refractivity contribution in [3.63, 3.8) is 0 Å². The molecule has 0 saturated carbocycles. The highest BCUT2D eigenvalue weighted by Gasteiger charge is 2.25. The van der Waals surface area contributed by atoms with Gasteiger partial charge in [0.15, 0.2) is 5.82 Å². The average Bonchev–Trinajstić information content (AvgIpc) is 2.42. The molecule has 0 aliphatic carbocycles. The smallest absolute Gasteiger partial charge is 0.226 e. The number of nitrogens with one attached hydrogen (secondary N) is 3. The Balaban J connectivity index is 2.32. The molecule has 5 nitrogen and oxygen atoms in total. The Bertz CT molecular complexity index is 383. The minimum Gasteiger partial charge on any atom is -0.363 e. The van der Waals surface area contributed by atoms with Crippen molar-refractivity contribution in [3.8, 4) is 0 Å². The third kappa shape index (κ3) is 1.82. The molecule has 0 fully saturated rings. The second kappa shape index (κ2) is 3.56. The van der Waals surface area contributed by atoms with E-state index in [1.807, 2.05) is 6.92 Å². The molecule has 1 unspecified atom stereocenters. The number of anilines is 2. The van der Waals surface area contributed by atoms with Gasteiger partial charge in [0.25, 0.3) is 0 Å². The largest absolute Gasteiger partial charge is 0.363 e. The highest BCUT2D eigenvalue weighted by atomic mass is 16.1. The third-order valence-corrected chi connectivity index (χ3v) is 2.74. The van der Waals surface area contributed by atoms with Gasteiger partial charge < -0.3 is 10.6 Å². The lowest BCUT2D eigenvalue weighted by molar-refractivity contribution is -0.116. The normalized spacial score (nSPS) is 20.5. The van der Waals surface area contributed by atoms with Gasteiger partial charge in [0, 0.05) is 12.5 Å². The van der Waals surface area contributed by atoms with Crippen LogP contribution in [0.25, 0.3) is 0 Å². The van der Waals surface area contributed by atoms with Crippen molar-refractivity contribution in [2.45, 2.75) is 33.2 Å². The van der Waals surface area contributed by atoms with Crippen molar-refractivity contribution in [1.29, 1.82) is 0 Å². The van der Waals surface area contributed by atoms with Crippen LogP contribution < -0.4 is 10.6 Å². The fraction of sp³-hybridized carbons (Fsp3) is 0.600. The zero-order valence-electron chi connectivity index (χ0n) is 9.22. The summed E-state index contributed by atoms with van der Waals surface area (Å²) in [7, 11) is 0. The number of H-pyrrole nitrogens is 1. The van der Waals surface area contributed by atoms with E-state index in [-0.39, 0.29) is 11.9 Å². The number of fused-ring (bicyclic) bond motifs is 1. The maximum Gasteiger partial charge on any atom is 0.226 e. The van der Waals surface area contributed by atoms with Gasteiger partial charge in [-0.05, 0) is 12.8 Å². The fourth-order valence-corrected chi connectivity index (χ4v) is 1.71. The van der Waals surface area contributed by atoms with Gasteiger partial charge in [-0.2, -0.15) is 5.10 Å². The second-order valence-corrected chi connectivity index (χ2v) is 4.32. The number of carbonyl (C=O) groups excluding carboxylic acids is 1. The zero-order valence-corrected chi connectivity index (χ0v) is 9.22. The molecule has 1 atom stereocenters. The average molecular weight is 208 g/mol. The molecule has 0 aromatic carbocycles. The lowest BCUT2D eigenvalue weighted by Crippen LogP contribution is -2.28. The van der Waals surface area contributed by atoms with Crippen LogP contribution in [0.5, 0.6) is 0 Å². The number of aromatic amines is 1. The summed E-state index contributed by atoms with van der Waals surface area (Å²) in [5, 5.41) is 13.1. The molecular formula is C10H16N4O. The summed E-state index contributed by atoms with van der Waals surface area (Å²) in [4.78, 5) is 11.6. The van der Waals surface area contributed by atoms with Gasteiger partial charge in [-0.15, -0.1) is 0 Å². The van der Waals surface area contributed by atoms with E-state index >= 15 is 0 Å². The lowest BCUT2D eigenvalue weighted by atomic mass is 10.0. The summed E-state index contributed by atoms with van der Waals surface area (Å²) < 4.78 is 0. The molecule has 0 spiro atoms. The van der Waals surface area contributed by atoms with Gasteiger partial charge in [0.1, 0.15) is 5.69 Å². The molecule has 1 aliphatic rings. The van der Waals surface area contributed by atoms with Crippen molar-refractivity contribution < 1.29 is 4.79 Å². The first kappa shape index (κ1) is 10.0. The quantitative estimate of drug-likeness (QED) is 0.655. The van der Waals surface area contributed by atoms with Crippen molar-refractivity contribution >= 4 is 17.4 Å². The van der Waals surface area contributed by atoms with E-state index in [0.29, 0.717) is 12.3 Å². The Kier molecular flexibility index (Phi) is 2.38. The number of hydrogen-bond donors (Lipinski definition) is 3. The molecular weight excluding hydrogens is 192 g/mol. The number of aryl methyl sites for hydroxylation is 1. The predicted octanol–water partition coefficient (Wildman–Crippen LogP) is 1.50. The van der Waals surface area contributed by atoms with Crippen LogP contribution in [0.15, 0.2) is 0 Å². The van der Waals surface area contributed by atoms with Gasteiger partial charge in [-0.3, -0.25) is 9.89 Å². The molecule has 82 valence electrons. The summed E-state index contributed by atoms with van der Waals surface area (Å²) in [6, 6.07) is 0.147. The molecule has 0 saturated heterocycles. The van der Waals surface area contributed by atoms with Crippen LogP contribution in [0.1, 0.15) is 26.0 Å². The standard InChI is InChI=1S/C10H16N4O/c1-5(2)7-4-8(15)12-9-6(3)13-14-10(9)11-7/h5,7H,4H2,1-3H3,(H,12,15)(H2,11,13,14). The molecule has 1 aromatic rings. The Morgan fingerprint density at radius 1 is 1.47 bits per heavy atom. The van der Waals surface area contributed by atoms with E-state index in [1.165, 1.54) is 0 Å². The number of amides is 1. The molecule has 0 radical (unpaired) electrons. The van der Waals surface area contributed by atoms with Gasteiger partial charge >= 0.3 is 0 Å². The summed E-state index contributed by atoms with van der Waals surface area (Å²) in [6.07, 6.45) is 0.494. The number of carbonyl (C=O) groups is 1. The topological polar surface area (TPSA) is 69.8 Å². The highest BCUT2D eigenvalue weighted by molar-refractivity contribution is 5.96. The Morgan fingerprint density at radius 2 is 2.20 bits per heavy atom. The first-order valence-corrected chi connectivity index (χ1v) is 5.19. The van der Waals surface area contributed by atoms with E-state index in [4.69, 9.17) is 0 Å². The van der Waals surface area contributed by atoms with E-state index in [1.54, 1.807) is 0 Å². The molecule has 15 heavy (non-hydrogen) atoms. The Hall–Kier alpha value is -1.52. The van der Waals surface area contributed by atoms with Crippen LogP contribution in [-0.4, -0.2) is 22.1 Å². The highest BCUT2D eigenvalue weighted by Crippen LogP contribution is 2.28. The van der Waals surface area contributed by atoms with E-state index < -0.39 is 0 Å². The monoisotopic (exact) mass is 208 g/mol. The number of rotatable bonds is 1. The Morgan fingerprint density at radius 3 is 2.87 bits per heavy atom. The molecule has 5 heteroatoms. The lowest BCUT2D eigenvalue weighted by Gasteiger charge is -2.18. The summed E-state index contributed by atoms with van der Waals surface area (Å²) in [6.45, 7) is 6.08. The third-order valence-electron chi connectivity index (χ3n) is 2.74. The Labute approximate surface area is 88.6 Å². The zero-order chi connectivity index (χ0) is 11.0. The molecule has 3 N–H and O–H groups in total.